The van der Waals surface area contributed by atoms with E-state index >= 15 is 0 Å². The van der Waals surface area contributed by atoms with E-state index in [9.17, 15) is 19.5 Å². The van der Waals surface area contributed by atoms with Crippen LogP contribution in [0.1, 0.15) is 206 Å². The van der Waals surface area contributed by atoms with Gasteiger partial charge in [-0.25, -0.2) is 4.79 Å². The zero-order valence-electron chi connectivity index (χ0n) is 39.0. The minimum atomic E-state index is -0.879. The number of esters is 2. The van der Waals surface area contributed by atoms with E-state index in [-0.39, 0.29) is 36.2 Å². The zero-order chi connectivity index (χ0) is 43.5. The summed E-state index contributed by atoms with van der Waals surface area (Å²) in [6.45, 7) is 4.61. The predicted octanol–water partition coefficient (Wildman–Crippen LogP) is 13.6. The number of ether oxygens (including phenoxy) is 3. The monoisotopic (exact) mass is 831 g/mol. The number of rotatable bonds is 43. The Kier molecular flexibility index (Phi) is 40.1. The lowest BCUT2D eigenvalue weighted by Crippen LogP contribution is -2.50. The van der Waals surface area contributed by atoms with Gasteiger partial charge in [-0.1, -0.05) is 165 Å². The van der Waals surface area contributed by atoms with Crippen molar-refractivity contribution in [3.05, 3.63) is 48.6 Å². The Morgan fingerprint density at radius 3 is 1.39 bits per heavy atom. The number of carbonyl (C=O) groups excluding carboxylic acids is 2. The van der Waals surface area contributed by atoms with Crippen molar-refractivity contribution in [2.45, 2.75) is 219 Å². The van der Waals surface area contributed by atoms with E-state index in [2.05, 4.69) is 62.5 Å². The molecule has 0 spiro atoms. The molecule has 0 heterocycles. The summed E-state index contributed by atoms with van der Waals surface area (Å²) in [6.07, 6.45) is 50.2. The molecule has 0 bridgehead atoms. The number of aliphatic carboxylic acids is 1. The van der Waals surface area contributed by atoms with E-state index < -0.39 is 18.1 Å². The van der Waals surface area contributed by atoms with Crippen LogP contribution in [0.15, 0.2) is 48.6 Å². The van der Waals surface area contributed by atoms with Gasteiger partial charge < -0.3 is 23.8 Å². The van der Waals surface area contributed by atoms with Gasteiger partial charge in [0.1, 0.15) is 6.61 Å². The molecule has 0 amide bonds. The molecule has 2 unspecified atom stereocenters. The quantitative estimate of drug-likeness (QED) is 0.0283. The van der Waals surface area contributed by atoms with Crippen LogP contribution in [-0.2, 0) is 28.6 Å². The second-order valence-electron chi connectivity index (χ2n) is 17.3. The highest BCUT2D eigenvalue weighted by molar-refractivity contribution is 5.72. The van der Waals surface area contributed by atoms with Gasteiger partial charge in [0.2, 0.25) is 0 Å². The molecule has 0 aliphatic carbocycles. The number of hydrogen-bond donors (Lipinski definition) is 1. The van der Waals surface area contributed by atoms with Crippen LogP contribution in [0, 0.1) is 0 Å². The van der Waals surface area contributed by atoms with Crippen LogP contribution in [0.5, 0.6) is 0 Å². The largest absolute Gasteiger partial charge is 0.477 e. The lowest BCUT2D eigenvalue weighted by atomic mass is 10.1. The molecule has 0 fully saturated rings. The van der Waals surface area contributed by atoms with Gasteiger partial charge in [0.15, 0.2) is 12.1 Å². The number of carboxylic acids is 1. The van der Waals surface area contributed by atoms with Crippen molar-refractivity contribution in [2.75, 3.05) is 41.0 Å². The highest BCUT2D eigenvalue weighted by Crippen LogP contribution is 2.14. The Morgan fingerprint density at radius 1 is 0.525 bits per heavy atom. The smallest absolute Gasteiger partial charge is 0.362 e. The minimum absolute atomic E-state index is 0.0521. The maximum absolute atomic E-state index is 12.7. The molecule has 342 valence electrons. The topological polar surface area (TPSA) is 99.1 Å². The summed E-state index contributed by atoms with van der Waals surface area (Å²) in [7, 11) is 5.52. The Labute approximate surface area is 363 Å². The normalized spacial score (nSPS) is 13.3. The number of quaternary nitrogens is 1. The van der Waals surface area contributed by atoms with Gasteiger partial charge in [0.25, 0.3) is 0 Å². The molecular formula is C51H92NO7+. The average molecular weight is 831 g/mol. The highest BCUT2D eigenvalue weighted by Gasteiger charge is 2.31. The molecule has 1 N–H and O–H groups in total. The fourth-order valence-corrected chi connectivity index (χ4v) is 6.98. The number of carboxylic acid groups (broad SMARTS) is 1. The summed E-state index contributed by atoms with van der Waals surface area (Å²) in [5.41, 5.74) is 0. The molecule has 0 saturated carbocycles. The maximum Gasteiger partial charge on any atom is 0.362 e. The summed E-state index contributed by atoms with van der Waals surface area (Å²) >= 11 is 0. The van der Waals surface area contributed by atoms with E-state index in [1.165, 1.54) is 89.9 Å². The number of hydrogen-bond acceptors (Lipinski definition) is 6. The first-order valence-electron chi connectivity index (χ1n) is 24.2. The van der Waals surface area contributed by atoms with Crippen LogP contribution in [0.25, 0.3) is 0 Å². The standard InChI is InChI=1S/C51H91NO7/c1-6-8-10-12-14-16-18-20-21-22-23-24-25-26-27-28-29-30-32-33-35-37-39-41-49(53)58-46-47(45-57-44-43-48(51(55)56)52(3,4)5)59-50(54)42-40-38-36-34-31-19-17-15-13-11-9-7-2/h9,11,15,17,23-24,26-27,47-48H,6-8,10,12-14,16,18-22,25,28-46H2,1-5H3/p+1/b11-9+,17-15+,24-23+,27-26+. The van der Waals surface area contributed by atoms with Gasteiger partial charge in [-0.2, -0.15) is 0 Å². The average Bonchev–Trinajstić information content (AvgIpc) is 3.19. The molecule has 0 saturated heterocycles. The number of unbranched alkanes of at least 4 members (excludes halogenated alkanes) is 21. The van der Waals surface area contributed by atoms with Gasteiger partial charge >= 0.3 is 17.9 Å². The lowest BCUT2D eigenvalue weighted by molar-refractivity contribution is -0.887. The molecule has 0 aromatic carbocycles. The van der Waals surface area contributed by atoms with Crippen molar-refractivity contribution in [3.8, 4) is 0 Å². The lowest BCUT2D eigenvalue weighted by Gasteiger charge is -2.31. The Morgan fingerprint density at radius 2 is 0.949 bits per heavy atom. The van der Waals surface area contributed by atoms with Crippen molar-refractivity contribution >= 4 is 17.9 Å². The zero-order valence-corrected chi connectivity index (χ0v) is 39.0. The minimum Gasteiger partial charge on any atom is -0.477 e. The second-order valence-corrected chi connectivity index (χ2v) is 17.3. The summed E-state index contributed by atoms with van der Waals surface area (Å²) in [6, 6.07) is -0.619. The van der Waals surface area contributed by atoms with Gasteiger partial charge in [-0.15, -0.1) is 0 Å². The Bertz CT molecular complexity index is 1110. The molecule has 0 radical (unpaired) electrons. The fourth-order valence-electron chi connectivity index (χ4n) is 6.98. The first kappa shape index (κ1) is 56.3. The fraction of sp³-hybridized carbons (Fsp3) is 0.784. The summed E-state index contributed by atoms with van der Waals surface area (Å²) in [4.78, 5) is 37.0. The van der Waals surface area contributed by atoms with Crippen LogP contribution >= 0.6 is 0 Å². The molecule has 0 aliphatic heterocycles. The van der Waals surface area contributed by atoms with Crippen LogP contribution in [0.3, 0.4) is 0 Å². The molecule has 0 aliphatic rings. The van der Waals surface area contributed by atoms with Crippen LogP contribution < -0.4 is 0 Å². The van der Waals surface area contributed by atoms with E-state index in [0.29, 0.717) is 19.3 Å². The highest BCUT2D eigenvalue weighted by atomic mass is 16.6. The SMILES string of the molecule is CC/C=C/C/C=C/CCCCCCCC(=O)OC(COCCC(C(=O)O)[N+](C)(C)C)COC(=O)CCCCCCCCC/C=C/C/C=C/CCCCCCCCCCC. The van der Waals surface area contributed by atoms with Crippen molar-refractivity contribution in [3.63, 3.8) is 0 Å². The van der Waals surface area contributed by atoms with E-state index in [4.69, 9.17) is 14.2 Å². The molecule has 8 heteroatoms. The third-order valence-electron chi connectivity index (χ3n) is 10.7. The molecule has 0 aromatic rings. The van der Waals surface area contributed by atoms with Crippen molar-refractivity contribution in [2.24, 2.45) is 0 Å². The van der Waals surface area contributed by atoms with Crippen molar-refractivity contribution in [1.82, 2.24) is 0 Å². The molecule has 2 atom stereocenters. The summed E-state index contributed by atoms with van der Waals surface area (Å²) in [5, 5.41) is 9.62. The van der Waals surface area contributed by atoms with E-state index in [1.807, 2.05) is 21.1 Å². The molecule has 8 nitrogen and oxygen atoms in total. The summed E-state index contributed by atoms with van der Waals surface area (Å²) in [5.74, 6) is -1.50. The molecule has 0 aromatic heterocycles. The number of allylic oxidation sites excluding steroid dienone is 8. The van der Waals surface area contributed by atoms with Crippen molar-refractivity contribution in [1.29, 1.82) is 0 Å². The van der Waals surface area contributed by atoms with Gasteiger partial charge in [-0.3, -0.25) is 9.59 Å². The van der Waals surface area contributed by atoms with Gasteiger partial charge in [0, 0.05) is 19.3 Å². The molecule has 59 heavy (non-hydrogen) atoms. The first-order chi connectivity index (χ1) is 28.6. The third-order valence-corrected chi connectivity index (χ3v) is 10.7. The van der Waals surface area contributed by atoms with Crippen LogP contribution in [0.2, 0.25) is 0 Å². The third kappa shape index (κ3) is 40.5. The first-order valence-corrected chi connectivity index (χ1v) is 24.2. The predicted molar refractivity (Wildman–Crippen MR) is 248 cm³/mol. The summed E-state index contributed by atoms with van der Waals surface area (Å²) < 4.78 is 17.3. The molecule has 0 rings (SSSR count). The second kappa shape index (κ2) is 42.0. The Balaban J connectivity index is 4.22. The Hall–Kier alpha value is -2.71. The number of carbonyl (C=O) groups is 3. The molecular weight excluding hydrogens is 739 g/mol. The van der Waals surface area contributed by atoms with Gasteiger partial charge in [0.05, 0.1) is 34.4 Å². The van der Waals surface area contributed by atoms with Crippen LogP contribution in [0.4, 0.5) is 0 Å². The van der Waals surface area contributed by atoms with Crippen LogP contribution in [-0.4, -0.2) is 80.6 Å². The maximum atomic E-state index is 12.7. The van der Waals surface area contributed by atoms with Crippen molar-refractivity contribution < 1.29 is 38.2 Å². The van der Waals surface area contributed by atoms with E-state index in [1.54, 1.807) is 0 Å². The number of likely N-dealkylation sites (N-methyl/N-ethyl adjacent to an activating group) is 1. The van der Waals surface area contributed by atoms with E-state index in [0.717, 1.165) is 83.5 Å². The number of nitrogens with zero attached hydrogens (tertiary/aromatic N) is 1. The van der Waals surface area contributed by atoms with Gasteiger partial charge in [-0.05, 0) is 70.6 Å².